The van der Waals surface area contributed by atoms with Gasteiger partial charge in [0, 0.05) is 19.5 Å². The minimum atomic E-state index is -0.127. The van der Waals surface area contributed by atoms with Crippen LogP contribution in [0, 0.1) is 11.3 Å². The standard InChI is InChI=1S/C19H29N7O/c1-4-13(2)16-18(27)26(25-14-9-6-5-7-10-14)17(24-16)15(22-3)11-8-12-23-19(20)21/h5-7,9-10,13,22,25H,4,8,11-12H2,1-3H3,(H4,20,21,23)/b17-15-/t13-/m0/s1. The number of carbonyl (C=O) groups excluding carboxylic acids is 1. The lowest BCUT2D eigenvalue weighted by Gasteiger charge is -2.22. The molecule has 1 atom stereocenters. The number of hydrogen-bond donors (Lipinski definition) is 5. The Balaban J connectivity index is 2.28. The van der Waals surface area contributed by atoms with E-state index >= 15 is 0 Å². The van der Waals surface area contributed by atoms with Gasteiger partial charge in [0.1, 0.15) is 5.71 Å². The number of nitrogens with one attached hydrogen (secondary N) is 4. The molecule has 0 radical (unpaired) electrons. The maximum absolute atomic E-state index is 13.0. The van der Waals surface area contributed by atoms with Gasteiger partial charge in [0.2, 0.25) is 0 Å². The molecular weight excluding hydrogens is 342 g/mol. The highest BCUT2D eigenvalue weighted by molar-refractivity contribution is 6.41. The van der Waals surface area contributed by atoms with E-state index in [-0.39, 0.29) is 17.8 Å². The van der Waals surface area contributed by atoms with Gasteiger partial charge in [-0.05, 0) is 31.4 Å². The van der Waals surface area contributed by atoms with Crippen molar-refractivity contribution in [2.45, 2.75) is 33.1 Å². The summed E-state index contributed by atoms with van der Waals surface area (Å²) in [5.41, 5.74) is 10.7. The minimum absolute atomic E-state index is 0.0471. The van der Waals surface area contributed by atoms with E-state index in [1.165, 1.54) is 5.01 Å². The predicted octanol–water partition coefficient (Wildman–Crippen LogP) is 1.99. The topological polar surface area (TPSA) is 119 Å². The van der Waals surface area contributed by atoms with E-state index in [1.54, 1.807) is 0 Å². The summed E-state index contributed by atoms with van der Waals surface area (Å²) in [5.74, 6) is 0.490. The maximum atomic E-state index is 13.0. The fourth-order valence-corrected chi connectivity index (χ4v) is 2.72. The van der Waals surface area contributed by atoms with Crippen LogP contribution in [0.2, 0.25) is 0 Å². The van der Waals surface area contributed by atoms with E-state index in [0.717, 1.165) is 24.2 Å². The van der Waals surface area contributed by atoms with Crippen LogP contribution in [0.5, 0.6) is 0 Å². The summed E-state index contributed by atoms with van der Waals surface area (Å²) in [6.45, 7) is 4.63. The highest BCUT2D eigenvalue weighted by Crippen LogP contribution is 2.25. The van der Waals surface area contributed by atoms with Crippen molar-refractivity contribution < 1.29 is 4.79 Å². The van der Waals surface area contributed by atoms with Gasteiger partial charge in [0.05, 0.1) is 11.4 Å². The molecule has 0 spiro atoms. The molecule has 0 unspecified atom stereocenters. The van der Waals surface area contributed by atoms with Crippen LogP contribution in [0.4, 0.5) is 5.69 Å². The van der Waals surface area contributed by atoms with Gasteiger partial charge in [0.25, 0.3) is 5.91 Å². The number of anilines is 1. The molecule has 0 fully saturated rings. The molecule has 0 aromatic heterocycles. The average Bonchev–Trinajstić information content (AvgIpc) is 2.98. The molecule has 8 heteroatoms. The van der Waals surface area contributed by atoms with Crippen LogP contribution in [0.25, 0.3) is 0 Å². The molecule has 0 saturated heterocycles. The Bertz CT molecular complexity index is 727. The Morgan fingerprint density at radius 1 is 1.33 bits per heavy atom. The Hall–Kier alpha value is -3.03. The summed E-state index contributed by atoms with van der Waals surface area (Å²) in [5, 5.41) is 14.7. The molecule has 0 bridgehead atoms. The third kappa shape index (κ3) is 5.22. The number of aliphatic imine (C=N–C) groups is 1. The normalized spacial score (nSPS) is 16.6. The first kappa shape index (κ1) is 20.3. The number of hydrogen-bond acceptors (Lipinski definition) is 5. The van der Waals surface area contributed by atoms with Crippen molar-refractivity contribution in [3.05, 3.63) is 41.8 Å². The molecule has 1 aliphatic rings. The molecule has 1 aliphatic heterocycles. The van der Waals surface area contributed by atoms with Crippen molar-refractivity contribution in [3.63, 3.8) is 0 Å². The minimum Gasteiger partial charge on any atom is -0.388 e. The molecule has 146 valence electrons. The van der Waals surface area contributed by atoms with Gasteiger partial charge in [-0.15, -0.1) is 0 Å². The van der Waals surface area contributed by atoms with Gasteiger partial charge in [-0.1, -0.05) is 32.0 Å². The SMILES string of the molecule is CC[C@H](C)C1=N/C(=C(\CCCNC(=N)N)NC)N(Nc2ccccc2)C1=O. The number of para-hydroxylation sites is 1. The second kappa shape index (κ2) is 9.61. The van der Waals surface area contributed by atoms with Crippen molar-refractivity contribution in [3.8, 4) is 0 Å². The lowest BCUT2D eigenvalue weighted by atomic mass is 10.0. The summed E-state index contributed by atoms with van der Waals surface area (Å²) in [6.07, 6.45) is 2.26. The van der Waals surface area contributed by atoms with Crippen LogP contribution >= 0.6 is 0 Å². The van der Waals surface area contributed by atoms with Gasteiger partial charge >= 0.3 is 0 Å². The maximum Gasteiger partial charge on any atom is 0.293 e. The van der Waals surface area contributed by atoms with Gasteiger partial charge in [-0.3, -0.25) is 15.6 Å². The van der Waals surface area contributed by atoms with Crippen LogP contribution in [-0.2, 0) is 4.79 Å². The zero-order valence-electron chi connectivity index (χ0n) is 16.2. The first-order valence-electron chi connectivity index (χ1n) is 9.21. The monoisotopic (exact) mass is 371 g/mol. The number of allylic oxidation sites excluding steroid dienone is 1. The summed E-state index contributed by atoms with van der Waals surface area (Å²) in [6, 6.07) is 9.56. The van der Waals surface area contributed by atoms with Crippen molar-refractivity contribution in [2.24, 2.45) is 16.6 Å². The molecule has 0 saturated carbocycles. The molecular formula is C19H29N7O. The molecule has 8 nitrogen and oxygen atoms in total. The number of benzene rings is 1. The number of amides is 1. The molecule has 1 amide bonds. The molecule has 1 heterocycles. The summed E-state index contributed by atoms with van der Waals surface area (Å²) < 4.78 is 0. The predicted molar refractivity (Wildman–Crippen MR) is 109 cm³/mol. The number of nitrogens with zero attached hydrogens (tertiary/aromatic N) is 2. The van der Waals surface area contributed by atoms with Gasteiger partial charge < -0.3 is 16.4 Å². The van der Waals surface area contributed by atoms with Crippen LogP contribution in [0.15, 0.2) is 46.8 Å². The number of guanidine groups is 1. The van der Waals surface area contributed by atoms with Gasteiger partial charge in [-0.2, -0.15) is 5.01 Å². The average molecular weight is 371 g/mol. The van der Waals surface area contributed by atoms with Crippen LogP contribution < -0.4 is 21.8 Å². The lowest BCUT2D eigenvalue weighted by Crippen LogP contribution is -2.37. The van der Waals surface area contributed by atoms with E-state index in [4.69, 9.17) is 11.1 Å². The fraction of sp³-hybridized carbons (Fsp3) is 0.421. The Labute approximate surface area is 160 Å². The Morgan fingerprint density at radius 3 is 2.63 bits per heavy atom. The Morgan fingerprint density at radius 2 is 2.04 bits per heavy atom. The summed E-state index contributed by atoms with van der Waals surface area (Å²) in [7, 11) is 1.82. The van der Waals surface area contributed by atoms with Crippen LogP contribution in [0.1, 0.15) is 33.1 Å². The molecule has 6 N–H and O–H groups in total. The smallest absolute Gasteiger partial charge is 0.293 e. The first-order chi connectivity index (χ1) is 13.0. The molecule has 0 aliphatic carbocycles. The summed E-state index contributed by atoms with van der Waals surface area (Å²) >= 11 is 0. The van der Waals surface area contributed by atoms with Crippen LogP contribution in [-0.4, -0.2) is 36.2 Å². The third-order valence-electron chi connectivity index (χ3n) is 4.44. The zero-order valence-corrected chi connectivity index (χ0v) is 16.2. The van der Waals surface area contributed by atoms with Gasteiger partial charge in [0.15, 0.2) is 11.8 Å². The van der Waals surface area contributed by atoms with E-state index in [2.05, 4.69) is 21.1 Å². The van der Waals surface area contributed by atoms with Crippen LogP contribution in [0.3, 0.4) is 0 Å². The summed E-state index contributed by atoms with van der Waals surface area (Å²) in [4.78, 5) is 17.6. The van der Waals surface area contributed by atoms with Gasteiger partial charge in [-0.25, -0.2) is 4.99 Å². The quantitative estimate of drug-likeness (QED) is 0.258. The Kier molecular flexibility index (Phi) is 7.22. The van der Waals surface area contributed by atoms with Crippen molar-refractivity contribution >= 4 is 23.3 Å². The van der Waals surface area contributed by atoms with Crippen molar-refractivity contribution in [1.29, 1.82) is 5.41 Å². The molecule has 1 aromatic carbocycles. The highest BCUT2D eigenvalue weighted by atomic mass is 16.2. The fourth-order valence-electron chi connectivity index (χ4n) is 2.72. The highest BCUT2D eigenvalue weighted by Gasteiger charge is 2.34. The van der Waals surface area contributed by atoms with E-state index in [1.807, 2.05) is 51.2 Å². The first-order valence-corrected chi connectivity index (χ1v) is 9.21. The number of carbonyl (C=O) groups is 1. The number of rotatable bonds is 9. The molecule has 27 heavy (non-hydrogen) atoms. The number of nitrogens with two attached hydrogens (primary N) is 1. The van der Waals surface area contributed by atoms with E-state index < -0.39 is 0 Å². The second-order valence-electron chi connectivity index (χ2n) is 6.42. The lowest BCUT2D eigenvalue weighted by molar-refractivity contribution is -0.120. The second-order valence-corrected chi connectivity index (χ2v) is 6.42. The largest absolute Gasteiger partial charge is 0.388 e. The van der Waals surface area contributed by atoms with E-state index in [9.17, 15) is 4.79 Å². The molecule has 2 rings (SSSR count). The van der Waals surface area contributed by atoms with Crippen molar-refractivity contribution in [1.82, 2.24) is 15.6 Å². The number of hydrazine groups is 1. The third-order valence-corrected chi connectivity index (χ3v) is 4.44. The zero-order chi connectivity index (χ0) is 19.8. The van der Waals surface area contributed by atoms with E-state index in [0.29, 0.717) is 24.5 Å². The molecule has 1 aromatic rings. The van der Waals surface area contributed by atoms with Crippen molar-refractivity contribution in [2.75, 3.05) is 19.0 Å².